The summed E-state index contributed by atoms with van der Waals surface area (Å²) in [4.78, 5) is 3.01. The van der Waals surface area contributed by atoms with Crippen LogP contribution in [0.1, 0.15) is 31.4 Å². The van der Waals surface area contributed by atoms with Crippen LogP contribution in [0, 0.1) is 71.0 Å². The molecule has 37 heavy (non-hydrogen) atoms. The van der Waals surface area contributed by atoms with E-state index in [2.05, 4.69) is 81.1 Å². The summed E-state index contributed by atoms with van der Waals surface area (Å²) in [7, 11) is 0. The van der Waals surface area contributed by atoms with E-state index >= 15 is 0 Å². The van der Waals surface area contributed by atoms with E-state index in [1.165, 1.54) is 0 Å². The van der Waals surface area contributed by atoms with Gasteiger partial charge in [0.15, 0.2) is 0 Å². The largest absolute Gasteiger partial charge is 0.369 e. The van der Waals surface area contributed by atoms with Crippen molar-refractivity contribution in [2.24, 2.45) is 5.11 Å². The summed E-state index contributed by atoms with van der Waals surface area (Å²) < 4.78 is 12.4. The summed E-state index contributed by atoms with van der Waals surface area (Å²) in [5, 5.41) is 3.95. The first-order chi connectivity index (χ1) is 18.3. The highest BCUT2D eigenvalue weighted by molar-refractivity contribution is 5.44. The van der Waals surface area contributed by atoms with E-state index in [0.29, 0.717) is 19.6 Å². The molecular formula is C32H25N3O2. The third kappa shape index (κ3) is 11.8. The van der Waals surface area contributed by atoms with E-state index in [1.54, 1.807) is 6.92 Å². The molecule has 0 saturated heterocycles. The molecule has 0 N–H and O–H groups in total. The second kappa shape index (κ2) is 18.4. The van der Waals surface area contributed by atoms with Crippen molar-refractivity contribution >= 4 is 0 Å². The molecule has 0 saturated carbocycles. The van der Waals surface area contributed by atoms with Crippen molar-refractivity contribution in [1.82, 2.24) is 0 Å². The lowest BCUT2D eigenvalue weighted by molar-refractivity contribution is -0.0714. The minimum atomic E-state index is -0.698. The van der Waals surface area contributed by atoms with Crippen molar-refractivity contribution in [3.05, 3.63) is 82.2 Å². The highest BCUT2D eigenvalue weighted by Gasteiger charge is 2.29. The molecule has 5 heteroatoms. The van der Waals surface area contributed by atoms with Gasteiger partial charge < -0.3 is 9.47 Å². The molecule has 2 aromatic carbocycles. The molecule has 180 valence electrons. The predicted octanol–water partition coefficient (Wildman–Crippen LogP) is 5.29. The van der Waals surface area contributed by atoms with Crippen LogP contribution in [-0.4, -0.2) is 18.2 Å². The van der Waals surface area contributed by atoms with E-state index in [9.17, 15) is 0 Å². The van der Waals surface area contributed by atoms with Crippen molar-refractivity contribution in [3.8, 4) is 71.0 Å². The van der Waals surface area contributed by atoms with E-state index in [-0.39, 0.29) is 0 Å². The normalized spacial score (nSPS) is 11.0. The Morgan fingerprint density at radius 1 is 0.730 bits per heavy atom. The van der Waals surface area contributed by atoms with Gasteiger partial charge in [0.2, 0.25) is 0 Å². The van der Waals surface area contributed by atoms with Gasteiger partial charge in [-0.25, -0.2) is 0 Å². The number of azide groups is 1. The van der Waals surface area contributed by atoms with Crippen molar-refractivity contribution in [1.29, 1.82) is 0 Å². The lowest BCUT2D eigenvalue weighted by Gasteiger charge is -2.28. The number of nitrogens with zero attached hydrogens (tertiary/aromatic N) is 3. The summed E-state index contributed by atoms with van der Waals surface area (Å²) >= 11 is 0. The Balaban J connectivity index is 2.27. The van der Waals surface area contributed by atoms with Gasteiger partial charge in [0.1, 0.15) is 12.2 Å². The van der Waals surface area contributed by atoms with E-state index in [1.807, 2.05) is 67.6 Å². The Bertz CT molecular complexity index is 1420. The molecule has 0 fully saturated rings. The highest BCUT2D eigenvalue weighted by Crippen LogP contribution is 2.19. The molecule has 3 atom stereocenters. The number of hydrogen-bond donors (Lipinski definition) is 0. The second-order valence-electron chi connectivity index (χ2n) is 7.30. The summed E-state index contributed by atoms with van der Waals surface area (Å²) in [6.07, 6.45) is -0.754. The van der Waals surface area contributed by atoms with Gasteiger partial charge in [-0.2, -0.15) is 0 Å². The molecule has 2 aromatic rings. The first kappa shape index (κ1) is 28.3. The fourth-order valence-electron chi connectivity index (χ4n) is 3.01. The number of rotatable bonds is 10. The number of benzene rings is 2. The number of hydrogen-bond acceptors (Lipinski definition) is 3. The smallest absolute Gasteiger partial charge is 0.146 e. The monoisotopic (exact) mass is 483 g/mol. The van der Waals surface area contributed by atoms with E-state index < -0.39 is 18.2 Å². The molecule has 0 spiro atoms. The quantitative estimate of drug-likeness (QED) is 0.200. The third-order valence-corrected chi connectivity index (χ3v) is 4.76. The Labute approximate surface area is 219 Å². The Hall–Kier alpha value is -4.97. The zero-order valence-corrected chi connectivity index (χ0v) is 20.8. The van der Waals surface area contributed by atoms with Crippen LogP contribution in [0.2, 0.25) is 0 Å². The molecule has 0 bridgehead atoms. The van der Waals surface area contributed by atoms with Gasteiger partial charge >= 0.3 is 0 Å². The van der Waals surface area contributed by atoms with Gasteiger partial charge in [0.25, 0.3) is 0 Å². The molecule has 0 amide bonds. The molecule has 0 heterocycles. The second-order valence-corrected chi connectivity index (χ2v) is 7.30. The summed E-state index contributed by atoms with van der Waals surface area (Å²) in [5.41, 5.74) is 11.1. The van der Waals surface area contributed by atoms with Crippen LogP contribution in [0.4, 0.5) is 0 Å². The topological polar surface area (TPSA) is 67.2 Å². The van der Waals surface area contributed by atoms with Crippen molar-refractivity contribution in [2.75, 3.05) is 0 Å². The molecule has 2 rings (SSSR count). The predicted molar refractivity (Wildman–Crippen MR) is 146 cm³/mol. The SMILES string of the molecule is CC#CC#CC#CC#CC#CC#C[C@@H](OCc1ccccc1)[C@@H](OCc1ccccc1)[C@H](CC)N=[N+]=[N-]. The van der Waals surface area contributed by atoms with Crippen LogP contribution in [-0.2, 0) is 22.7 Å². The maximum atomic E-state index is 9.13. The molecule has 0 radical (unpaired) electrons. The van der Waals surface area contributed by atoms with Crippen LogP contribution in [0.5, 0.6) is 0 Å². The van der Waals surface area contributed by atoms with Gasteiger partial charge in [-0.1, -0.05) is 84.5 Å². The third-order valence-electron chi connectivity index (χ3n) is 4.76. The van der Waals surface area contributed by atoms with Gasteiger partial charge in [-0.3, -0.25) is 0 Å². The highest BCUT2D eigenvalue weighted by atomic mass is 16.5. The zero-order chi connectivity index (χ0) is 26.4. The van der Waals surface area contributed by atoms with Crippen molar-refractivity contribution < 1.29 is 9.47 Å². The fourth-order valence-corrected chi connectivity index (χ4v) is 3.01. The van der Waals surface area contributed by atoms with Gasteiger partial charge in [0, 0.05) is 4.91 Å². The van der Waals surface area contributed by atoms with Gasteiger partial charge in [-0.05, 0) is 89.2 Å². The maximum absolute atomic E-state index is 9.13. The van der Waals surface area contributed by atoms with Crippen LogP contribution in [0.25, 0.3) is 10.4 Å². The minimum Gasteiger partial charge on any atom is -0.369 e. The molecule has 0 aliphatic rings. The zero-order valence-electron chi connectivity index (χ0n) is 20.8. The van der Waals surface area contributed by atoms with E-state index in [0.717, 1.165) is 11.1 Å². The summed E-state index contributed by atoms with van der Waals surface area (Å²) in [6.45, 7) is 4.25. The molecule has 5 nitrogen and oxygen atoms in total. The summed E-state index contributed by atoms with van der Waals surface area (Å²) in [5.74, 6) is 31.9. The van der Waals surface area contributed by atoms with Gasteiger partial charge in [0.05, 0.1) is 19.3 Å². The Morgan fingerprint density at radius 2 is 1.22 bits per heavy atom. The summed E-state index contributed by atoms with van der Waals surface area (Å²) in [6, 6.07) is 19.0. The van der Waals surface area contributed by atoms with Crippen LogP contribution in [0.3, 0.4) is 0 Å². The fraction of sp³-hybridized carbons (Fsp3) is 0.250. The van der Waals surface area contributed by atoms with Crippen molar-refractivity contribution in [2.45, 2.75) is 51.7 Å². The minimum absolute atomic E-state index is 0.310. The first-order valence-electron chi connectivity index (χ1n) is 11.6. The maximum Gasteiger partial charge on any atom is 0.146 e. The number of ether oxygens (including phenoxy) is 2. The van der Waals surface area contributed by atoms with Gasteiger partial charge in [-0.15, -0.1) is 0 Å². The average Bonchev–Trinajstić information content (AvgIpc) is 2.94. The molecule has 0 unspecified atom stereocenters. The lowest BCUT2D eigenvalue weighted by Crippen LogP contribution is -2.39. The average molecular weight is 484 g/mol. The lowest BCUT2D eigenvalue weighted by atomic mass is 10.0. The first-order valence-corrected chi connectivity index (χ1v) is 11.6. The van der Waals surface area contributed by atoms with Crippen LogP contribution in [0.15, 0.2) is 65.8 Å². The Kier molecular flexibility index (Phi) is 14.0. The molecule has 0 aliphatic carbocycles. The van der Waals surface area contributed by atoms with Crippen molar-refractivity contribution in [3.63, 3.8) is 0 Å². The van der Waals surface area contributed by atoms with Crippen LogP contribution < -0.4 is 0 Å². The van der Waals surface area contributed by atoms with Crippen LogP contribution >= 0.6 is 0 Å². The molecule has 0 aromatic heterocycles. The Morgan fingerprint density at radius 3 is 1.70 bits per heavy atom. The molecular weight excluding hydrogens is 458 g/mol. The van der Waals surface area contributed by atoms with E-state index in [4.69, 9.17) is 15.0 Å². The molecule has 0 aliphatic heterocycles. The standard InChI is InChI=1S/C32H25N3O2/c1-3-5-6-7-8-9-10-11-12-13-20-25-31(36-26-28-21-16-14-17-22-28)32(30(4-2)34-35-33)37-27-29-23-18-15-19-24-29/h14-19,21-24,30-32H,4,26-27H2,1-2H3/t30-,31+,32-/m0/s1.